The molecule has 0 saturated heterocycles. The van der Waals surface area contributed by atoms with E-state index < -0.39 is 15.4 Å². The molecule has 0 unspecified atom stereocenters. The molecular formula is C20H20O6S. The molecule has 2 aromatic rings. The van der Waals surface area contributed by atoms with E-state index >= 15 is 0 Å². The molecule has 1 N–H and O–H groups in total. The summed E-state index contributed by atoms with van der Waals surface area (Å²) in [4.78, 5) is 13.2. The van der Waals surface area contributed by atoms with E-state index in [0.717, 1.165) is 6.26 Å². The molecule has 27 heavy (non-hydrogen) atoms. The molecule has 0 amide bonds. The van der Waals surface area contributed by atoms with Crippen molar-refractivity contribution in [3.05, 3.63) is 53.6 Å². The Morgan fingerprint density at radius 3 is 2.26 bits per heavy atom. The molecule has 1 aliphatic rings. The third-order valence-electron chi connectivity index (χ3n) is 4.36. The van der Waals surface area contributed by atoms with Crippen LogP contribution in [-0.4, -0.2) is 38.3 Å². The first-order valence-corrected chi connectivity index (χ1v) is 10.1. The summed E-state index contributed by atoms with van der Waals surface area (Å²) in [5.41, 5.74) is 0.312. The maximum atomic E-state index is 13.0. The molecule has 0 aliphatic carbocycles. The van der Waals surface area contributed by atoms with Crippen LogP contribution in [0.4, 0.5) is 0 Å². The molecular weight excluding hydrogens is 368 g/mol. The molecule has 0 atom stereocenters. The standard InChI is InChI=1S/C20H20O6S/c1-20(2)19(22)17(15-10-7-13(21)11-16(15)25-3)18(26-20)12-5-8-14(9-6-12)27(4,23)24/h5-11,21H,1-4H3. The molecule has 0 fully saturated rings. The fourth-order valence-electron chi connectivity index (χ4n) is 2.94. The van der Waals surface area contributed by atoms with Crippen LogP contribution < -0.4 is 4.74 Å². The molecule has 142 valence electrons. The van der Waals surface area contributed by atoms with Crippen LogP contribution in [0.1, 0.15) is 25.0 Å². The highest BCUT2D eigenvalue weighted by atomic mass is 32.2. The second-order valence-corrected chi connectivity index (χ2v) is 8.84. The van der Waals surface area contributed by atoms with E-state index in [1.807, 2.05) is 0 Å². The lowest BCUT2D eigenvalue weighted by molar-refractivity contribution is -0.125. The third kappa shape index (κ3) is 3.42. The summed E-state index contributed by atoms with van der Waals surface area (Å²) in [7, 11) is -1.88. The van der Waals surface area contributed by atoms with Crippen molar-refractivity contribution < 1.29 is 27.8 Å². The molecule has 3 rings (SSSR count). The Balaban J connectivity index is 2.22. The second-order valence-electron chi connectivity index (χ2n) is 6.83. The van der Waals surface area contributed by atoms with Crippen molar-refractivity contribution in [2.45, 2.75) is 24.3 Å². The van der Waals surface area contributed by atoms with Crippen LogP contribution in [0.15, 0.2) is 47.4 Å². The van der Waals surface area contributed by atoms with Crippen molar-refractivity contribution in [2.75, 3.05) is 13.4 Å². The predicted octanol–water partition coefficient (Wildman–Crippen LogP) is 3.05. The van der Waals surface area contributed by atoms with Gasteiger partial charge in [-0.05, 0) is 50.2 Å². The molecule has 0 spiro atoms. The van der Waals surface area contributed by atoms with Gasteiger partial charge in [-0.2, -0.15) is 0 Å². The summed E-state index contributed by atoms with van der Waals surface area (Å²) < 4.78 is 34.6. The number of methoxy groups -OCH3 is 1. The predicted molar refractivity (Wildman–Crippen MR) is 101 cm³/mol. The molecule has 2 aromatic carbocycles. The Labute approximate surface area is 158 Å². The SMILES string of the molecule is COc1cc(O)ccc1C1=C(c2ccc(S(C)(=O)=O)cc2)OC(C)(C)C1=O. The number of carbonyl (C=O) groups is 1. The maximum Gasteiger partial charge on any atom is 0.210 e. The molecule has 1 aliphatic heterocycles. The Morgan fingerprint density at radius 2 is 1.70 bits per heavy atom. The minimum Gasteiger partial charge on any atom is -0.508 e. The number of rotatable bonds is 4. The summed E-state index contributed by atoms with van der Waals surface area (Å²) in [5, 5.41) is 9.70. The number of sulfone groups is 1. The van der Waals surface area contributed by atoms with Gasteiger partial charge in [-0.3, -0.25) is 4.79 Å². The highest BCUT2D eigenvalue weighted by molar-refractivity contribution is 7.90. The Kier molecular flexibility index (Phi) is 4.51. The smallest absolute Gasteiger partial charge is 0.210 e. The topological polar surface area (TPSA) is 89.9 Å². The lowest BCUT2D eigenvalue weighted by Gasteiger charge is -2.18. The molecule has 1 heterocycles. The van der Waals surface area contributed by atoms with Gasteiger partial charge in [-0.15, -0.1) is 0 Å². The van der Waals surface area contributed by atoms with Crippen molar-refractivity contribution in [2.24, 2.45) is 0 Å². The van der Waals surface area contributed by atoms with E-state index in [1.165, 1.54) is 31.4 Å². The number of phenols is 1. The number of benzene rings is 2. The lowest BCUT2D eigenvalue weighted by Crippen LogP contribution is -2.29. The number of hydrogen-bond donors (Lipinski definition) is 1. The van der Waals surface area contributed by atoms with Crippen molar-refractivity contribution in [1.82, 2.24) is 0 Å². The molecule has 0 bridgehead atoms. The second kappa shape index (κ2) is 6.42. The fourth-order valence-corrected chi connectivity index (χ4v) is 3.57. The number of carbonyl (C=O) groups excluding carboxylic acids is 1. The first-order valence-electron chi connectivity index (χ1n) is 8.20. The number of ketones is 1. The van der Waals surface area contributed by atoms with Gasteiger partial charge in [-0.1, -0.05) is 0 Å². The summed E-state index contributed by atoms with van der Waals surface area (Å²) in [5.74, 6) is 0.466. The Bertz CT molecular complexity index is 1050. The number of aromatic hydroxyl groups is 1. The van der Waals surface area contributed by atoms with Gasteiger partial charge in [0.05, 0.1) is 17.6 Å². The zero-order chi connectivity index (χ0) is 20.0. The fraction of sp³-hybridized carbons (Fsp3) is 0.250. The summed E-state index contributed by atoms with van der Waals surface area (Å²) in [6.07, 6.45) is 1.13. The van der Waals surface area contributed by atoms with E-state index in [1.54, 1.807) is 32.0 Å². The first kappa shape index (κ1) is 19.0. The van der Waals surface area contributed by atoms with E-state index in [-0.39, 0.29) is 16.4 Å². The van der Waals surface area contributed by atoms with E-state index in [0.29, 0.717) is 28.2 Å². The normalized spacial score (nSPS) is 16.4. The average Bonchev–Trinajstić information content (AvgIpc) is 2.84. The van der Waals surface area contributed by atoms with Gasteiger partial charge in [0, 0.05) is 23.4 Å². The quantitative estimate of drug-likeness (QED) is 0.866. The van der Waals surface area contributed by atoms with Gasteiger partial charge < -0.3 is 14.6 Å². The summed E-state index contributed by atoms with van der Waals surface area (Å²) >= 11 is 0. The number of phenolic OH excluding ortho intramolecular Hbond substituents is 1. The summed E-state index contributed by atoms with van der Waals surface area (Å²) in [6.45, 7) is 3.33. The highest BCUT2D eigenvalue weighted by Crippen LogP contribution is 2.44. The highest BCUT2D eigenvalue weighted by Gasteiger charge is 2.43. The molecule has 6 nitrogen and oxygen atoms in total. The largest absolute Gasteiger partial charge is 0.508 e. The number of ether oxygens (including phenoxy) is 2. The van der Waals surface area contributed by atoms with Gasteiger partial charge in [0.1, 0.15) is 17.3 Å². The molecule has 7 heteroatoms. The van der Waals surface area contributed by atoms with Crippen LogP contribution in [-0.2, 0) is 19.4 Å². The van der Waals surface area contributed by atoms with Gasteiger partial charge in [0.15, 0.2) is 15.4 Å². The minimum absolute atomic E-state index is 0.0147. The van der Waals surface area contributed by atoms with Gasteiger partial charge >= 0.3 is 0 Å². The monoisotopic (exact) mass is 388 g/mol. The average molecular weight is 388 g/mol. The van der Waals surface area contributed by atoms with Crippen molar-refractivity contribution >= 4 is 27.0 Å². The van der Waals surface area contributed by atoms with Crippen molar-refractivity contribution in [3.63, 3.8) is 0 Å². The maximum absolute atomic E-state index is 13.0. The molecule has 0 aromatic heterocycles. The van der Waals surface area contributed by atoms with Gasteiger partial charge in [0.2, 0.25) is 5.78 Å². The zero-order valence-electron chi connectivity index (χ0n) is 15.4. The van der Waals surface area contributed by atoms with Crippen LogP contribution in [0.25, 0.3) is 11.3 Å². The van der Waals surface area contributed by atoms with Crippen LogP contribution in [0.2, 0.25) is 0 Å². The van der Waals surface area contributed by atoms with Crippen LogP contribution >= 0.6 is 0 Å². The molecule has 0 saturated carbocycles. The van der Waals surface area contributed by atoms with Crippen LogP contribution in [0, 0.1) is 0 Å². The van der Waals surface area contributed by atoms with Crippen LogP contribution in [0.5, 0.6) is 11.5 Å². The Hall–Kier alpha value is -2.80. The number of hydrogen-bond acceptors (Lipinski definition) is 6. The first-order chi connectivity index (χ1) is 12.5. The lowest BCUT2D eigenvalue weighted by atomic mass is 9.92. The summed E-state index contributed by atoms with van der Waals surface area (Å²) in [6, 6.07) is 10.6. The number of Topliss-reactive ketones (excluding diaryl/α,β-unsaturated/α-hetero) is 1. The van der Waals surface area contributed by atoms with E-state index in [4.69, 9.17) is 9.47 Å². The van der Waals surface area contributed by atoms with E-state index in [2.05, 4.69) is 0 Å². The Morgan fingerprint density at radius 1 is 1.07 bits per heavy atom. The van der Waals surface area contributed by atoms with Gasteiger partial charge in [-0.25, -0.2) is 8.42 Å². The van der Waals surface area contributed by atoms with E-state index in [9.17, 15) is 18.3 Å². The minimum atomic E-state index is -3.33. The zero-order valence-corrected chi connectivity index (χ0v) is 16.3. The van der Waals surface area contributed by atoms with Crippen molar-refractivity contribution in [1.29, 1.82) is 0 Å². The van der Waals surface area contributed by atoms with Crippen LogP contribution in [0.3, 0.4) is 0 Å². The van der Waals surface area contributed by atoms with Crippen molar-refractivity contribution in [3.8, 4) is 11.5 Å². The molecule has 0 radical (unpaired) electrons. The third-order valence-corrected chi connectivity index (χ3v) is 5.49. The van der Waals surface area contributed by atoms with Gasteiger partial charge in [0.25, 0.3) is 0 Å².